The summed E-state index contributed by atoms with van der Waals surface area (Å²) in [7, 11) is 1.23. The highest BCUT2D eigenvalue weighted by molar-refractivity contribution is 6.01. The molecule has 1 unspecified atom stereocenters. The van der Waals surface area contributed by atoms with Crippen molar-refractivity contribution >= 4 is 11.7 Å². The lowest BCUT2D eigenvalue weighted by atomic mass is 10.1. The van der Waals surface area contributed by atoms with Crippen molar-refractivity contribution in [1.82, 2.24) is 4.90 Å². The summed E-state index contributed by atoms with van der Waals surface area (Å²) in [6, 6.07) is 0. The van der Waals surface area contributed by atoms with Crippen LogP contribution in [0.25, 0.3) is 0 Å². The Morgan fingerprint density at radius 1 is 1.56 bits per heavy atom. The summed E-state index contributed by atoms with van der Waals surface area (Å²) in [5, 5.41) is 10.9. The highest BCUT2D eigenvalue weighted by Crippen LogP contribution is 2.19. The van der Waals surface area contributed by atoms with Crippen LogP contribution in [0.3, 0.4) is 0 Å². The van der Waals surface area contributed by atoms with Gasteiger partial charge in [0.05, 0.1) is 12.3 Å². The summed E-state index contributed by atoms with van der Waals surface area (Å²) < 4.78 is 35.6. The third-order valence-electron chi connectivity index (χ3n) is 2.04. The lowest BCUT2D eigenvalue weighted by molar-refractivity contribution is -0.144. The van der Waals surface area contributed by atoms with Crippen molar-refractivity contribution in [2.45, 2.75) is 19.5 Å². The molecule has 1 amide bonds. The smallest absolute Gasteiger partial charge is 0.390 e. The van der Waals surface area contributed by atoms with Crippen molar-refractivity contribution in [2.24, 2.45) is 16.8 Å². The topological polar surface area (TPSA) is 78.9 Å². The summed E-state index contributed by atoms with van der Waals surface area (Å²) in [5.74, 6) is -1.90. The van der Waals surface area contributed by atoms with Crippen LogP contribution in [-0.2, 0) is 4.79 Å². The highest BCUT2D eigenvalue weighted by atomic mass is 19.4. The number of hydrogen-bond acceptors (Lipinski definition) is 3. The second-order valence-corrected chi connectivity index (χ2v) is 3.37. The molecule has 8 heteroatoms. The molecule has 0 radical (unpaired) electrons. The maximum Gasteiger partial charge on any atom is 0.390 e. The summed E-state index contributed by atoms with van der Waals surface area (Å²) >= 11 is 0. The van der Waals surface area contributed by atoms with Crippen LogP contribution in [0.15, 0.2) is 5.16 Å². The molecule has 0 heterocycles. The highest BCUT2D eigenvalue weighted by Gasteiger charge is 2.29. The molecule has 0 aliphatic carbocycles. The largest absolute Gasteiger partial charge is 0.409 e. The molecule has 0 aromatic heterocycles. The molecule has 3 N–H and O–H groups in total. The van der Waals surface area contributed by atoms with Gasteiger partial charge in [0.15, 0.2) is 5.84 Å². The number of carbonyl (C=O) groups excluding carboxylic acids is 1. The molecule has 0 spiro atoms. The van der Waals surface area contributed by atoms with E-state index in [1.54, 1.807) is 0 Å². The van der Waals surface area contributed by atoms with Crippen molar-refractivity contribution < 1.29 is 23.2 Å². The van der Waals surface area contributed by atoms with Gasteiger partial charge in [-0.1, -0.05) is 5.16 Å². The van der Waals surface area contributed by atoms with Gasteiger partial charge in [0.1, 0.15) is 0 Å². The minimum absolute atomic E-state index is 0.330. The Kier molecular flexibility index (Phi) is 5.06. The maximum absolute atomic E-state index is 11.9. The van der Waals surface area contributed by atoms with Gasteiger partial charge in [-0.2, -0.15) is 13.2 Å². The average Bonchev–Trinajstić information content (AvgIpc) is 2.21. The van der Waals surface area contributed by atoms with Crippen LogP contribution in [0.5, 0.6) is 0 Å². The molecule has 0 aliphatic heterocycles. The first-order chi connectivity index (χ1) is 7.19. The molecule has 1 atom stereocenters. The van der Waals surface area contributed by atoms with E-state index in [-0.39, 0.29) is 5.84 Å². The first kappa shape index (κ1) is 14.5. The second kappa shape index (κ2) is 5.57. The fraction of sp³-hybridized carbons (Fsp3) is 0.750. The van der Waals surface area contributed by atoms with Crippen LogP contribution < -0.4 is 5.73 Å². The van der Waals surface area contributed by atoms with E-state index >= 15 is 0 Å². The molecule has 0 saturated carbocycles. The number of rotatable bonds is 4. The Bertz CT molecular complexity index is 278. The third-order valence-corrected chi connectivity index (χ3v) is 2.04. The first-order valence-electron chi connectivity index (χ1n) is 4.48. The van der Waals surface area contributed by atoms with E-state index in [0.29, 0.717) is 0 Å². The molecule has 0 saturated heterocycles. The fourth-order valence-electron chi connectivity index (χ4n) is 0.948. The van der Waals surface area contributed by atoms with E-state index in [2.05, 4.69) is 5.16 Å². The number of halogens is 3. The zero-order valence-corrected chi connectivity index (χ0v) is 8.95. The lowest BCUT2D eigenvalue weighted by Gasteiger charge is -2.21. The van der Waals surface area contributed by atoms with Gasteiger partial charge < -0.3 is 15.8 Å². The number of oxime groups is 1. The summed E-state index contributed by atoms with van der Waals surface area (Å²) in [6.45, 7) is 0.896. The predicted octanol–water partition coefficient (Wildman–Crippen LogP) is 0.780. The first-order valence-corrected chi connectivity index (χ1v) is 4.48. The van der Waals surface area contributed by atoms with Crippen molar-refractivity contribution in [3.8, 4) is 0 Å². The number of nitrogens with zero attached hydrogens (tertiary/aromatic N) is 2. The number of hydrogen-bond donors (Lipinski definition) is 2. The van der Waals surface area contributed by atoms with Gasteiger partial charge in [0, 0.05) is 13.6 Å². The molecule has 0 aromatic carbocycles. The van der Waals surface area contributed by atoms with Crippen LogP contribution in [0, 0.1) is 5.92 Å². The quantitative estimate of drug-likeness (QED) is 0.330. The van der Waals surface area contributed by atoms with Crippen molar-refractivity contribution in [3.63, 3.8) is 0 Å². The third kappa shape index (κ3) is 4.85. The molecule has 0 fully saturated rings. The fourth-order valence-corrected chi connectivity index (χ4v) is 0.948. The van der Waals surface area contributed by atoms with Gasteiger partial charge in [0.2, 0.25) is 5.91 Å². The van der Waals surface area contributed by atoms with E-state index in [0.717, 1.165) is 4.90 Å². The molecule has 16 heavy (non-hydrogen) atoms. The Morgan fingerprint density at radius 3 is 2.44 bits per heavy atom. The SMILES string of the molecule is CC(C(=O)N(C)CCC(F)(F)F)C(N)=NO. The van der Waals surface area contributed by atoms with E-state index in [1.807, 2.05) is 0 Å². The number of amides is 1. The van der Waals surface area contributed by atoms with Crippen LogP contribution >= 0.6 is 0 Å². The van der Waals surface area contributed by atoms with Crippen LogP contribution in [0.2, 0.25) is 0 Å². The number of nitrogens with two attached hydrogens (primary N) is 1. The Labute approximate surface area is 90.7 Å². The molecule has 5 nitrogen and oxygen atoms in total. The average molecular weight is 241 g/mol. The van der Waals surface area contributed by atoms with E-state index in [1.165, 1.54) is 14.0 Å². The Balaban J connectivity index is 4.29. The zero-order chi connectivity index (χ0) is 12.9. The van der Waals surface area contributed by atoms with Crippen molar-refractivity contribution in [2.75, 3.05) is 13.6 Å². The summed E-state index contributed by atoms with van der Waals surface area (Å²) in [5.41, 5.74) is 5.17. The van der Waals surface area contributed by atoms with Crippen molar-refractivity contribution in [1.29, 1.82) is 0 Å². The monoisotopic (exact) mass is 241 g/mol. The maximum atomic E-state index is 11.9. The van der Waals surface area contributed by atoms with Gasteiger partial charge in [-0.3, -0.25) is 4.79 Å². The summed E-state index contributed by atoms with van der Waals surface area (Å²) in [6.07, 6.45) is -5.40. The normalized spacial score (nSPS) is 14.7. The molecular formula is C8H14F3N3O2. The number of amidine groups is 1. The molecule has 0 rings (SSSR count). The van der Waals surface area contributed by atoms with Gasteiger partial charge >= 0.3 is 6.18 Å². The minimum atomic E-state index is -4.31. The van der Waals surface area contributed by atoms with Gasteiger partial charge in [-0.05, 0) is 6.92 Å². The van der Waals surface area contributed by atoms with E-state index in [9.17, 15) is 18.0 Å². The Morgan fingerprint density at radius 2 is 2.06 bits per heavy atom. The Hall–Kier alpha value is -1.47. The molecule has 0 bridgehead atoms. The van der Waals surface area contributed by atoms with Crippen molar-refractivity contribution in [3.05, 3.63) is 0 Å². The van der Waals surface area contributed by atoms with Crippen LogP contribution in [0.4, 0.5) is 13.2 Å². The standard InChI is InChI=1S/C8H14F3N3O2/c1-5(6(12)13-16)7(15)14(2)4-3-8(9,10)11/h5,16H,3-4H2,1-2H3,(H2,12,13). The number of carbonyl (C=O) groups is 1. The van der Waals surface area contributed by atoms with Gasteiger partial charge in [0.25, 0.3) is 0 Å². The van der Waals surface area contributed by atoms with Crippen LogP contribution in [-0.4, -0.2) is 41.6 Å². The lowest BCUT2D eigenvalue weighted by Crippen LogP contribution is -2.39. The zero-order valence-electron chi connectivity index (χ0n) is 8.95. The summed E-state index contributed by atoms with van der Waals surface area (Å²) in [4.78, 5) is 12.3. The number of alkyl halides is 3. The molecule has 0 aromatic rings. The van der Waals surface area contributed by atoms with E-state index in [4.69, 9.17) is 10.9 Å². The molecular weight excluding hydrogens is 227 g/mol. The molecule has 94 valence electrons. The predicted molar refractivity (Wildman–Crippen MR) is 50.9 cm³/mol. The minimum Gasteiger partial charge on any atom is -0.409 e. The van der Waals surface area contributed by atoms with E-state index < -0.39 is 31.0 Å². The second-order valence-electron chi connectivity index (χ2n) is 3.37. The molecule has 0 aliphatic rings. The van der Waals surface area contributed by atoms with Gasteiger partial charge in [-0.25, -0.2) is 0 Å². The van der Waals surface area contributed by atoms with Gasteiger partial charge in [-0.15, -0.1) is 0 Å². The van der Waals surface area contributed by atoms with Crippen LogP contribution in [0.1, 0.15) is 13.3 Å².